The molecule has 1 saturated heterocycles. The van der Waals surface area contributed by atoms with Gasteiger partial charge in [0.15, 0.2) is 0 Å². The standard InChI is InChI=1S/C16H31NO7/c1-4-6-7-8-9-22-16(21)24-15-12(17(3)5-2)14(20)13(19)11(10-18)23-15/h11-15,18-20H,4-10H2,1-3H3/t11-,12-,13-,14-,15?/m1/s1. The van der Waals surface area contributed by atoms with Crippen molar-refractivity contribution in [2.75, 3.05) is 26.8 Å². The summed E-state index contributed by atoms with van der Waals surface area (Å²) >= 11 is 0. The Morgan fingerprint density at radius 3 is 2.46 bits per heavy atom. The Labute approximate surface area is 143 Å². The van der Waals surface area contributed by atoms with E-state index in [0.29, 0.717) is 6.54 Å². The number of aliphatic hydroxyl groups is 3. The maximum atomic E-state index is 11.8. The molecule has 1 unspecified atom stereocenters. The van der Waals surface area contributed by atoms with Gasteiger partial charge in [0.25, 0.3) is 0 Å². The highest BCUT2D eigenvalue weighted by Gasteiger charge is 2.47. The van der Waals surface area contributed by atoms with Crippen LogP contribution >= 0.6 is 0 Å². The Balaban J connectivity index is 2.61. The topological polar surface area (TPSA) is 109 Å². The number of likely N-dealkylation sites (N-methyl/N-ethyl adjacent to an activating group) is 1. The highest BCUT2D eigenvalue weighted by atomic mass is 16.8. The van der Waals surface area contributed by atoms with Gasteiger partial charge in [-0.15, -0.1) is 0 Å². The van der Waals surface area contributed by atoms with Crippen molar-refractivity contribution in [1.29, 1.82) is 0 Å². The van der Waals surface area contributed by atoms with E-state index in [1.807, 2.05) is 6.92 Å². The van der Waals surface area contributed by atoms with Gasteiger partial charge in [0.1, 0.15) is 24.4 Å². The number of hydrogen-bond donors (Lipinski definition) is 3. The summed E-state index contributed by atoms with van der Waals surface area (Å²) in [7, 11) is 1.72. The Morgan fingerprint density at radius 1 is 1.17 bits per heavy atom. The van der Waals surface area contributed by atoms with Crippen LogP contribution in [0.15, 0.2) is 0 Å². The lowest BCUT2D eigenvalue weighted by Gasteiger charge is -2.44. The minimum atomic E-state index is -1.26. The summed E-state index contributed by atoms with van der Waals surface area (Å²) in [5, 5.41) is 29.5. The van der Waals surface area contributed by atoms with Crippen LogP contribution in [0.2, 0.25) is 0 Å². The molecule has 0 amide bonds. The molecule has 5 atom stereocenters. The Kier molecular flexibility index (Phi) is 9.53. The first-order valence-electron chi connectivity index (χ1n) is 8.62. The van der Waals surface area contributed by atoms with E-state index in [2.05, 4.69) is 6.92 Å². The summed E-state index contributed by atoms with van der Waals surface area (Å²) in [5.74, 6) is 0. The third-order valence-electron chi connectivity index (χ3n) is 4.29. The molecule has 0 saturated carbocycles. The van der Waals surface area contributed by atoms with E-state index in [1.54, 1.807) is 11.9 Å². The Hall–Kier alpha value is -0.930. The van der Waals surface area contributed by atoms with Gasteiger partial charge in [-0.3, -0.25) is 4.90 Å². The van der Waals surface area contributed by atoms with Gasteiger partial charge in [0, 0.05) is 0 Å². The second-order valence-corrected chi connectivity index (χ2v) is 6.05. The van der Waals surface area contributed by atoms with Crippen LogP contribution < -0.4 is 0 Å². The molecule has 0 aromatic rings. The smallest absolute Gasteiger partial charge is 0.434 e. The zero-order valence-corrected chi connectivity index (χ0v) is 14.8. The fourth-order valence-corrected chi connectivity index (χ4v) is 2.66. The van der Waals surface area contributed by atoms with Crippen LogP contribution in [0.4, 0.5) is 4.79 Å². The molecule has 8 nitrogen and oxygen atoms in total. The molecular formula is C16H31NO7. The van der Waals surface area contributed by atoms with Crippen molar-refractivity contribution < 1.29 is 34.3 Å². The molecular weight excluding hydrogens is 318 g/mol. The van der Waals surface area contributed by atoms with Crippen molar-refractivity contribution >= 4 is 6.16 Å². The molecule has 8 heteroatoms. The summed E-state index contributed by atoms with van der Waals surface area (Å²) < 4.78 is 15.6. The van der Waals surface area contributed by atoms with Gasteiger partial charge in [-0.05, 0) is 20.0 Å². The predicted molar refractivity (Wildman–Crippen MR) is 86.4 cm³/mol. The molecule has 0 bridgehead atoms. The number of aliphatic hydroxyl groups excluding tert-OH is 3. The summed E-state index contributed by atoms with van der Waals surface area (Å²) in [5.41, 5.74) is 0. The highest BCUT2D eigenvalue weighted by Crippen LogP contribution is 2.25. The normalized spacial score (nSPS) is 30.4. The van der Waals surface area contributed by atoms with Gasteiger partial charge in [-0.2, -0.15) is 0 Å². The van der Waals surface area contributed by atoms with Crippen molar-refractivity contribution in [2.45, 2.75) is 70.2 Å². The average Bonchev–Trinajstić information content (AvgIpc) is 2.57. The second kappa shape index (κ2) is 10.8. The van der Waals surface area contributed by atoms with Crippen LogP contribution in [0.5, 0.6) is 0 Å². The van der Waals surface area contributed by atoms with E-state index in [1.165, 1.54) is 0 Å². The summed E-state index contributed by atoms with van der Waals surface area (Å²) in [4.78, 5) is 13.5. The SMILES string of the molecule is CCCCCCOC(=O)OC1O[C@H](CO)[C@@H](O)[C@H](O)[C@H]1N(C)CC. The van der Waals surface area contributed by atoms with E-state index in [4.69, 9.17) is 14.2 Å². The van der Waals surface area contributed by atoms with Gasteiger partial charge < -0.3 is 29.5 Å². The van der Waals surface area contributed by atoms with Crippen molar-refractivity contribution in [3.05, 3.63) is 0 Å². The van der Waals surface area contributed by atoms with Crippen LogP contribution in [-0.2, 0) is 14.2 Å². The predicted octanol–water partition coefficient (Wildman–Crippen LogP) is 0.479. The van der Waals surface area contributed by atoms with Crippen LogP contribution in [0.25, 0.3) is 0 Å². The number of rotatable bonds is 9. The molecule has 0 aromatic carbocycles. The number of nitrogens with zero attached hydrogens (tertiary/aromatic N) is 1. The van der Waals surface area contributed by atoms with Crippen molar-refractivity contribution in [3.8, 4) is 0 Å². The molecule has 142 valence electrons. The van der Waals surface area contributed by atoms with E-state index in [9.17, 15) is 20.1 Å². The van der Waals surface area contributed by atoms with Gasteiger partial charge >= 0.3 is 6.16 Å². The van der Waals surface area contributed by atoms with Crippen molar-refractivity contribution in [3.63, 3.8) is 0 Å². The highest BCUT2D eigenvalue weighted by molar-refractivity contribution is 5.60. The minimum Gasteiger partial charge on any atom is -0.434 e. The maximum Gasteiger partial charge on any atom is 0.510 e. The third kappa shape index (κ3) is 5.86. The lowest BCUT2D eigenvalue weighted by atomic mass is 9.96. The molecule has 0 radical (unpaired) electrons. The molecule has 24 heavy (non-hydrogen) atoms. The zero-order valence-electron chi connectivity index (χ0n) is 14.8. The van der Waals surface area contributed by atoms with E-state index >= 15 is 0 Å². The second-order valence-electron chi connectivity index (χ2n) is 6.05. The quantitative estimate of drug-likeness (QED) is 0.407. The van der Waals surface area contributed by atoms with Crippen LogP contribution in [0.1, 0.15) is 39.5 Å². The fourth-order valence-electron chi connectivity index (χ4n) is 2.66. The monoisotopic (exact) mass is 349 g/mol. The van der Waals surface area contributed by atoms with Crippen LogP contribution in [0.3, 0.4) is 0 Å². The lowest BCUT2D eigenvalue weighted by molar-refractivity contribution is -0.272. The largest absolute Gasteiger partial charge is 0.510 e. The molecule has 0 aliphatic carbocycles. The van der Waals surface area contributed by atoms with Crippen LogP contribution in [-0.4, -0.2) is 83.8 Å². The van der Waals surface area contributed by atoms with Gasteiger partial charge in [-0.1, -0.05) is 33.1 Å². The number of carbonyl (C=O) groups is 1. The Bertz CT molecular complexity index is 368. The molecule has 1 heterocycles. The van der Waals surface area contributed by atoms with E-state index in [-0.39, 0.29) is 6.61 Å². The summed E-state index contributed by atoms with van der Waals surface area (Å²) in [6.45, 7) is 4.27. The van der Waals surface area contributed by atoms with Crippen LogP contribution in [0, 0.1) is 0 Å². The molecule has 1 aliphatic rings. The molecule has 0 aromatic heterocycles. The molecule has 1 aliphatic heterocycles. The lowest BCUT2D eigenvalue weighted by Crippen LogP contribution is -2.64. The number of hydrogen-bond acceptors (Lipinski definition) is 8. The Morgan fingerprint density at radius 2 is 1.88 bits per heavy atom. The minimum absolute atomic E-state index is 0.258. The first kappa shape index (κ1) is 21.1. The average molecular weight is 349 g/mol. The molecule has 3 N–H and O–H groups in total. The van der Waals surface area contributed by atoms with E-state index < -0.39 is 43.4 Å². The maximum absolute atomic E-state index is 11.8. The fraction of sp³-hybridized carbons (Fsp3) is 0.938. The zero-order chi connectivity index (χ0) is 18.1. The summed E-state index contributed by atoms with van der Waals surface area (Å²) in [6.07, 6.45) is -1.62. The van der Waals surface area contributed by atoms with Gasteiger partial charge in [-0.25, -0.2) is 4.79 Å². The van der Waals surface area contributed by atoms with E-state index in [0.717, 1.165) is 25.7 Å². The first-order valence-corrected chi connectivity index (χ1v) is 8.62. The third-order valence-corrected chi connectivity index (χ3v) is 4.29. The number of unbranched alkanes of at least 4 members (excludes halogenated alkanes) is 3. The summed E-state index contributed by atoms with van der Waals surface area (Å²) in [6, 6.07) is -0.750. The number of carbonyl (C=O) groups excluding carboxylic acids is 1. The van der Waals surface area contributed by atoms with Crippen molar-refractivity contribution in [2.24, 2.45) is 0 Å². The molecule has 1 fully saturated rings. The van der Waals surface area contributed by atoms with Gasteiger partial charge in [0.2, 0.25) is 6.29 Å². The molecule has 0 spiro atoms. The number of ether oxygens (including phenoxy) is 3. The van der Waals surface area contributed by atoms with Gasteiger partial charge in [0.05, 0.1) is 13.2 Å². The molecule has 1 rings (SSSR count). The van der Waals surface area contributed by atoms with Crippen molar-refractivity contribution in [1.82, 2.24) is 4.90 Å². The first-order chi connectivity index (χ1) is 11.5.